The Morgan fingerprint density at radius 3 is 2.62 bits per heavy atom. The van der Waals surface area contributed by atoms with Crippen molar-refractivity contribution in [2.45, 2.75) is 19.4 Å². The monoisotopic (exact) mass is 295 g/mol. The molecule has 2 rings (SSSR count). The van der Waals surface area contributed by atoms with E-state index in [1.165, 1.54) is 0 Å². The zero-order valence-corrected chi connectivity index (χ0v) is 11.8. The second kappa shape index (κ2) is 7.28. The van der Waals surface area contributed by atoms with Crippen LogP contribution in [0.3, 0.4) is 0 Å². The molecule has 1 unspecified atom stereocenters. The van der Waals surface area contributed by atoms with Gasteiger partial charge in [-0.1, -0.05) is 18.2 Å². The Morgan fingerprint density at radius 1 is 1.19 bits per heavy atom. The van der Waals surface area contributed by atoms with Gasteiger partial charge in [0.25, 0.3) is 12.0 Å². The molecule has 3 N–H and O–H groups in total. The van der Waals surface area contributed by atoms with E-state index in [2.05, 4.69) is 15.6 Å². The number of fused-ring (bicyclic) bond motifs is 1. The first-order chi connectivity index (χ1) is 10.1. The van der Waals surface area contributed by atoms with Gasteiger partial charge in [0.15, 0.2) is 0 Å². The molecule has 0 saturated heterocycles. The summed E-state index contributed by atoms with van der Waals surface area (Å²) in [6.45, 7) is 2.72. The molecule has 6 heteroatoms. The number of alkyl halides is 2. The quantitative estimate of drug-likeness (QED) is 0.685. The van der Waals surface area contributed by atoms with E-state index in [1.807, 2.05) is 25.1 Å². The topological polar surface area (TPSA) is 56.9 Å². The van der Waals surface area contributed by atoms with Crippen LogP contribution in [0.4, 0.5) is 8.78 Å². The van der Waals surface area contributed by atoms with Crippen molar-refractivity contribution in [1.82, 2.24) is 15.6 Å². The second-order valence-corrected chi connectivity index (χ2v) is 4.89. The van der Waals surface area contributed by atoms with Crippen molar-refractivity contribution >= 4 is 10.8 Å². The number of aromatic amines is 1. The predicted octanol–water partition coefficient (Wildman–Crippen LogP) is 2.03. The van der Waals surface area contributed by atoms with Gasteiger partial charge >= 0.3 is 0 Å². The lowest BCUT2D eigenvalue weighted by molar-refractivity contribution is 0.146. The summed E-state index contributed by atoms with van der Waals surface area (Å²) in [6.07, 6.45) is -0.625. The van der Waals surface area contributed by atoms with Crippen LogP contribution in [0.5, 0.6) is 0 Å². The lowest BCUT2D eigenvalue weighted by atomic mass is 10.0. The van der Waals surface area contributed by atoms with Gasteiger partial charge in [-0.05, 0) is 23.9 Å². The highest BCUT2D eigenvalue weighted by molar-refractivity contribution is 5.84. The van der Waals surface area contributed by atoms with E-state index in [1.54, 1.807) is 12.3 Å². The molecule has 0 amide bonds. The van der Waals surface area contributed by atoms with Crippen molar-refractivity contribution in [2.75, 3.05) is 19.6 Å². The van der Waals surface area contributed by atoms with E-state index in [0.29, 0.717) is 18.5 Å². The van der Waals surface area contributed by atoms with Crippen LogP contribution in [0.25, 0.3) is 10.8 Å². The summed E-state index contributed by atoms with van der Waals surface area (Å²) in [5.74, 6) is 0. The Morgan fingerprint density at radius 2 is 1.90 bits per heavy atom. The second-order valence-electron chi connectivity index (χ2n) is 4.89. The molecule has 1 aromatic heterocycles. The molecule has 0 bridgehead atoms. The Bertz CT molecular complexity index is 642. The Labute approximate surface area is 121 Å². The first-order valence-corrected chi connectivity index (χ1v) is 6.92. The molecule has 4 nitrogen and oxygen atoms in total. The maximum absolute atomic E-state index is 12.0. The average molecular weight is 295 g/mol. The third kappa shape index (κ3) is 4.09. The first-order valence-electron chi connectivity index (χ1n) is 6.92. The standard InChI is InChI=1S/C15H19F2N3O/c1-10(19-7-6-18-9-14(16)17)13-8-20-15(21)12-5-3-2-4-11(12)13/h2-5,8,10,14,18-19H,6-7,9H2,1H3,(H,20,21). The van der Waals surface area contributed by atoms with Crippen LogP contribution < -0.4 is 16.2 Å². The van der Waals surface area contributed by atoms with Gasteiger partial charge in [0.1, 0.15) is 0 Å². The summed E-state index contributed by atoms with van der Waals surface area (Å²) < 4.78 is 24.0. The molecule has 0 spiro atoms. The Balaban J connectivity index is 2.01. The number of hydrogen-bond acceptors (Lipinski definition) is 3. The Hall–Kier alpha value is -1.79. The van der Waals surface area contributed by atoms with Crippen molar-refractivity contribution < 1.29 is 8.78 Å². The minimum absolute atomic E-state index is 0.0140. The largest absolute Gasteiger partial charge is 0.328 e. The molecule has 0 radical (unpaired) electrons. The lowest BCUT2D eigenvalue weighted by Gasteiger charge is -2.16. The molecule has 1 aromatic carbocycles. The fourth-order valence-electron chi connectivity index (χ4n) is 2.29. The molecule has 0 fully saturated rings. The van der Waals surface area contributed by atoms with Crippen LogP contribution in [0.2, 0.25) is 0 Å². The molecule has 0 saturated carbocycles. The van der Waals surface area contributed by atoms with E-state index in [-0.39, 0.29) is 18.1 Å². The highest BCUT2D eigenvalue weighted by atomic mass is 19.3. The number of nitrogens with one attached hydrogen (secondary N) is 3. The number of halogens is 2. The van der Waals surface area contributed by atoms with Crippen molar-refractivity contribution in [1.29, 1.82) is 0 Å². The summed E-state index contributed by atoms with van der Waals surface area (Å²) in [4.78, 5) is 14.5. The molecule has 0 aliphatic heterocycles. The third-order valence-electron chi connectivity index (χ3n) is 3.36. The van der Waals surface area contributed by atoms with Gasteiger partial charge in [0.2, 0.25) is 0 Å². The maximum Gasteiger partial charge on any atom is 0.255 e. The summed E-state index contributed by atoms with van der Waals surface area (Å²) in [7, 11) is 0. The Kier molecular flexibility index (Phi) is 5.41. The number of H-pyrrole nitrogens is 1. The predicted molar refractivity (Wildman–Crippen MR) is 79.9 cm³/mol. The van der Waals surface area contributed by atoms with Gasteiger partial charge in [-0.3, -0.25) is 4.79 Å². The fourth-order valence-corrected chi connectivity index (χ4v) is 2.29. The average Bonchev–Trinajstić information content (AvgIpc) is 2.47. The molecule has 1 heterocycles. The van der Waals surface area contributed by atoms with E-state index in [9.17, 15) is 13.6 Å². The van der Waals surface area contributed by atoms with Crippen LogP contribution in [0, 0.1) is 0 Å². The molecular weight excluding hydrogens is 276 g/mol. The fraction of sp³-hybridized carbons (Fsp3) is 0.400. The van der Waals surface area contributed by atoms with Gasteiger partial charge in [0, 0.05) is 30.7 Å². The SMILES string of the molecule is CC(NCCNCC(F)F)c1c[nH]c(=O)c2ccccc12. The summed E-state index contributed by atoms with van der Waals surface area (Å²) in [6, 6.07) is 7.43. The summed E-state index contributed by atoms with van der Waals surface area (Å²) >= 11 is 0. The molecular formula is C15H19F2N3O. The van der Waals surface area contributed by atoms with Crippen LogP contribution in [0.15, 0.2) is 35.3 Å². The molecule has 0 aliphatic rings. The zero-order chi connectivity index (χ0) is 15.2. The van der Waals surface area contributed by atoms with Gasteiger partial charge in [-0.2, -0.15) is 0 Å². The van der Waals surface area contributed by atoms with Crippen LogP contribution in [-0.2, 0) is 0 Å². The van der Waals surface area contributed by atoms with E-state index >= 15 is 0 Å². The minimum Gasteiger partial charge on any atom is -0.328 e. The van der Waals surface area contributed by atoms with E-state index in [0.717, 1.165) is 10.9 Å². The van der Waals surface area contributed by atoms with Gasteiger partial charge in [0.05, 0.1) is 6.54 Å². The highest BCUT2D eigenvalue weighted by Gasteiger charge is 2.10. The first kappa shape index (κ1) is 15.6. The van der Waals surface area contributed by atoms with E-state index < -0.39 is 6.43 Å². The maximum atomic E-state index is 12.0. The van der Waals surface area contributed by atoms with Crippen molar-refractivity contribution in [3.05, 3.63) is 46.4 Å². The van der Waals surface area contributed by atoms with Crippen molar-refractivity contribution in [3.63, 3.8) is 0 Å². The zero-order valence-electron chi connectivity index (χ0n) is 11.8. The lowest BCUT2D eigenvalue weighted by Crippen LogP contribution is -2.31. The number of benzene rings is 1. The number of pyridine rings is 1. The highest BCUT2D eigenvalue weighted by Crippen LogP contribution is 2.20. The number of hydrogen-bond donors (Lipinski definition) is 3. The third-order valence-corrected chi connectivity index (χ3v) is 3.36. The van der Waals surface area contributed by atoms with Crippen LogP contribution in [-0.4, -0.2) is 31.0 Å². The molecule has 1 atom stereocenters. The van der Waals surface area contributed by atoms with Crippen LogP contribution in [0.1, 0.15) is 18.5 Å². The molecule has 21 heavy (non-hydrogen) atoms. The van der Waals surface area contributed by atoms with Crippen LogP contribution >= 0.6 is 0 Å². The number of aromatic nitrogens is 1. The molecule has 114 valence electrons. The van der Waals surface area contributed by atoms with E-state index in [4.69, 9.17) is 0 Å². The summed E-state index contributed by atoms with van der Waals surface area (Å²) in [5, 5.41) is 7.48. The summed E-state index contributed by atoms with van der Waals surface area (Å²) in [5.41, 5.74) is 0.874. The van der Waals surface area contributed by atoms with Gasteiger partial charge in [-0.15, -0.1) is 0 Å². The van der Waals surface area contributed by atoms with Gasteiger partial charge < -0.3 is 15.6 Å². The molecule has 2 aromatic rings. The van der Waals surface area contributed by atoms with Crippen molar-refractivity contribution in [3.8, 4) is 0 Å². The number of rotatable bonds is 7. The smallest absolute Gasteiger partial charge is 0.255 e. The normalized spacial score (nSPS) is 13.0. The molecule has 0 aliphatic carbocycles. The minimum atomic E-state index is -2.33. The van der Waals surface area contributed by atoms with Crippen molar-refractivity contribution in [2.24, 2.45) is 0 Å². The van der Waals surface area contributed by atoms with Gasteiger partial charge in [-0.25, -0.2) is 8.78 Å².